The zero-order valence-corrected chi connectivity index (χ0v) is 11.5. The van der Waals surface area contributed by atoms with Gasteiger partial charge < -0.3 is 9.47 Å². The molecule has 1 aromatic carbocycles. The Hall–Kier alpha value is -0.890. The van der Waals surface area contributed by atoms with Crippen molar-refractivity contribution in [3.63, 3.8) is 0 Å². The first kappa shape index (κ1) is 12.2. The highest BCUT2D eigenvalue weighted by Gasteiger charge is 2.41. The average Bonchev–Trinajstić information content (AvgIpc) is 3.01. The third-order valence-corrected chi connectivity index (χ3v) is 4.65. The van der Waals surface area contributed by atoms with Crippen LogP contribution in [0.4, 0.5) is 0 Å². The predicted molar refractivity (Wildman–Crippen MR) is 72.4 cm³/mol. The number of alkyl halides is 1. The third-order valence-electron chi connectivity index (χ3n) is 4.36. The second kappa shape index (κ2) is 5.00. The summed E-state index contributed by atoms with van der Waals surface area (Å²) in [5, 5.41) is 0. The summed E-state index contributed by atoms with van der Waals surface area (Å²) in [4.78, 5) is 0. The van der Waals surface area contributed by atoms with E-state index < -0.39 is 0 Å². The summed E-state index contributed by atoms with van der Waals surface area (Å²) in [5.74, 6) is 3.90. The number of fused-ring (bicyclic) bond motifs is 2. The van der Waals surface area contributed by atoms with Gasteiger partial charge in [-0.15, -0.1) is 11.6 Å². The topological polar surface area (TPSA) is 18.5 Å². The Morgan fingerprint density at radius 2 is 2.17 bits per heavy atom. The highest BCUT2D eigenvalue weighted by Crippen LogP contribution is 2.46. The molecule has 3 atom stereocenters. The number of methoxy groups -OCH3 is 1. The lowest BCUT2D eigenvalue weighted by Gasteiger charge is -2.24. The van der Waals surface area contributed by atoms with E-state index in [1.54, 1.807) is 7.11 Å². The second-order valence-electron chi connectivity index (χ2n) is 5.44. The van der Waals surface area contributed by atoms with Gasteiger partial charge in [-0.05, 0) is 55.7 Å². The van der Waals surface area contributed by atoms with Gasteiger partial charge in [0, 0.05) is 5.56 Å². The minimum atomic E-state index is 0.402. The summed E-state index contributed by atoms with van der Waals surface area (Å²) in [6, 6.07) is 5.90. The number of rotatable bonds is 4. The van der Waals surface area contributed by atoms with Crippen LogP contribution in [0.15, 0.2) is 18.2 Å². The van der Waals surface area contributed by atoms with Crippen LogP contribution in [-0.2, 0) is 5.88 Å². The van der Waals surface area contributed by atoms with Gasteiger partial charge >= 0.3 is 0 Å². The van der Waals surface area contributed by atoms with Crippen molar-refractivity contribution in [2.24, 2.45) is 11.8 Å². The quantitative estimate of drug-likeness (QED) is 0.767. The fourth-order valence-corrected chi connectivity index (χ4v) is 3.60. The van der Waals surface area contributed by atoms with E-state index in [-0.39, 0.29) is 0 Å². The first-order valence-electron chi connectivity index (χ1n) is 6.69. The molecule has 2 aliphatic carbocycles. The molecule has 2 fully saturated rings. The molecule has 1 aromatic rings. The molecule has 2 aliphatic rings. The molecule has 0 aromatic heterocycles. The summed E-state index contributed by atoms with van der Waals surface area (Å²) in [6.45, 7) is 0. The van der Waals surface area contributed by atoms with Gasteiger partial charge in [0.05, 0.1) is 13.0 Å². The van der Waals surface area contributed by atoms with Crippen molar-refractivity contribution in [1.29, 1.82) is 0 Å². The maximum Gasteiger partial charge on any atom is 0.124 e. The van der Waals surface area contributed by atoms with Crippen molar-refractivity contribution >= 4 is 11.6 Å². The maximum atomic E-state index is 6.19. The molecule has 2 bridgehead atoms. The van der Waals surface area contributed by atoms with Crippen LogP contribution in [0.5, 0.6) is 11.5 Å². The monoisotopic (exact) mass is 266 g/mol. The van der Waals surface area contributed by atoms with Crippen LogP contribution in [0, 0.1) is 11.8 Å². The van der Waals surface area contributed by atoms with Crippen LogP contribution in [0.3, 0.4) is 0 Å². The van der Waals surface area contributed by atoms with E-state index >= 15 is 0 Å². The van der Waals surface area contributed by atoms with E-state index in [0.717, 1.165) is 28.9 Å². The molecule has 2 nitrogen and oxygen atoms in total. The Bertz CT molecular complexity index is 433. The third kappa shape index (κ3) is 2.18. The van der Waals surface area contributed by atoms with Crippen molar-refractivity contribution in [2.75, 3.05) is 7.11 Å². The Balaban J connectivity index is 1.76. The smallest absolute Gasteiger partial charge is 0.124 e. The summed E-state index contributed by atoms with van der Waals surface area (Å²) in [5.41, 5.74) is 1.03. The minimum absolute atomic E-state index is 0.402. The average molecular weight is 267 g/mol. The largest absolute Gasteiger partial charge is 0.497 e. The Morgan fingerprint density at radius 1 is 1.28 bits per heavy atom. The van der Waals surface area contributed by atoms with Gasteiger partial charge in [0.25, 0.3) is 0 Å². The van der Waals surface area contributed by atoms with Crippen LogP contribution in [-0.4, -0.2) is 13.2 Å². The lowest BCUT2D eigenvalue weighted by atomic mass is 9.97. The molecule has 2 saturated carbocycles. The minimum Gasteiger partial charge on any atom is -0.497 e. The molecule has 3 heteroatoms. The molecule has 0 aliphatic heterocycles. The Kier molecular flexibility index (Phi) is 3.38. The fourth-order valence-electron chi connectivity index (χ4n) is 3.40. The summed E-state index contributed by atoms with van der Waals surface area (Å²) >= 11 is 5.99. The molecule has 3 rings (SSSR count). The Labute approximate surface area is 113 Å². The molecule has 18 heavy (non-hydrogen) atoms. The molecule has 0 saturated heterocycles. The number of hydrogen-bond donors (Lipinski definition) is 0. The number of benzene rings is 1. The lowest BCUT2D eigenvalue weighted by molar-refractivity contribution is 0.137. The molecule has 98 valence electrons. The first-order chi connectivity index (χ1) is 8.80. The zero-order valence-electron chi connectivity index (χ0n) is 10.7. The normalized spacial score (nSPS) is 29.6. The van der Waals surface area contributed by atoms with Crippen LogP contribution in [0.25, 0.3) is 0 Å². The van der Waals surface area contributed by atoms with Gasteiger partial charge in [-0.25, -0.2) is 0 Å². The van der Waals surface area contributed by atoms with E-state index in [9.17, 15) is 0 Å². The molecular formula is C15H19ClO2. The summed E-state index contributed by atoms with van der Waals surface area (Å²) in [6.07, 6.45) is 5.71. The molecule has 0 N–H and O–H groups in total. The van der Waals surface area contributed by atoms with E-state index in [1.807, 2.05) is 18.2 Å². The lowest BCUT2D eigenvalue weighted by Crippen LogP contribution is -2.23. The first-order valence-corrected chi connectivity index (χ1v) is 7.23. The van der Waals surface area contributed by atoms with Gasteiger partial charge in [-0.1, -0.05) is 0 Å². The summed E-state index contributed by atoms with van der Waals surface area (Å²) < 4.78 is 11.4. The highest BCUT2D eigenvalue weighted by molar-refractivity contribution is 6.17. The number of hydrogen-bond acceptors (Lipinski definition) is 2. The van der Waals surface area contributed by atoms with Crippen molar-refractivity contribution in [3.8, 4) is 11.5 Å². The van der Waals surface area contributed by atoms with E-state index in [1.165, 1.54) is 25.7 Å². The molecule has 0 amide bonds. The van der Waals surface area contributed by atoms with E-state index in [2.05, 4.69) is 0 Å². The second-order valence-corrected chi connectivity index (χ2v) is 5.71. The standard InChI is InChI=1S/C15H19ClO2/c1-17-13-4-5-14(12(8-13)9-16)18-15-7-10-2-3-11(15)6-10/h4-5,8,10-11,15H,2-3,6-7,9H2,1H3. The van der Waals surface area contributed by atoms with Crippen LogP contribution in [0.2, 0.25) is 0 Å². The number of ether oxygens (including phenoxy) is 2. The number of halogens is 1. The summed E-state index contributed by atoms with van der Waals surface area (Å²) in [7, 11) is 1.67. The van der Waals surface area contributed by atoms with Crippen molar-refractivity contribution in [3.05, 3.63) is 23.8 Å². The molecule has 0 radical (unpaired) electrons. The van der Waals surface area contributed by atoms with Crippen LogP contribution < -0.4 is 9.47 Å². The van der Waals surface area contributed by atoms with Gasteiger partial charge in [0.15, 0.2) is 0 Å². The van der Waals surface area contributed by atoms with Crippen molar-refractivity contribution in [1.82, 2.24) is 0 Å². The van der Waals surface area contributed by atoms with Gasteiger partial charge in [0.2, 0.25) is 0 Å². The SMILES string of the molecule is COc1ccc(OC2CC3CCC2C3)c(CCl)c1. The van der Waals surface area contributed by atoms with Crippen molar-refractivity contribution < 1.29 is 9.47 Å². The van der Waals surface area contributed by atoms with Crippen LogP contribution in [0.1, 0.15) is 31.2 Å². The molecular weight excluding hydrogens is 248 g/mol. The zero-order chi connectivity index (χ0) is 12.5. The van der Waals surface area contributed by atoms with Crippen LogP contribution >= 0.6 is 11.6 Å². The van der Waals surface area contributed by atoms with Gasteiger partial charge in [0.1, 0.15) is 17.6 Å². The van der Waals surface area contributed by atoms with E-state index in [0.29, 0.717) is 12.0 Å². The molecule has 3 unspecified atom stereocenters. The van der Waals surface area contributed by atoms with Gasteiger partial charge in [-0.3, -0.25) is 0 Å². The maximum absolute atomic E-state index is 6.19. The van der Waals surface area contributed by atoms with E-state index in [4.69, 9.17) is 21.1 Å². The highest BCUT2D eigenvalue weighted by atomic mass is 35.5. The fraction of sp³-hybridized carbons (Fsp3) is 0.600. The molecule has 0 heterocycles. The molecule has 0 spiro atoms. The van der Waals surface area contributed by atoms with Crippen molar-refractivity contribution in [2.45, 2.75) is 37.7 Å². The van der Waals surface area contributed by atoms with Gasteiger partial charge in [-0.2, -0.15) is 0 Å². The predicted octanol–water partition coefficient (Wildman–Crippen LogP) is 4.00. The Morgan fingerprint density at radius 3 is 2.78 bits per heavy atom.